The third-order valence-electron chi connectivity index (χ3n) is 3.34. The van der Waals surface area contributed by atoms with E-state index in [2.05, 4.69) is 0 Å². The van der Waals surface area contributed by atoms with Gasteiger partial charge in [0.05, 0.1) is 12.2 Å². The van der Waals surface area contributed by atoms with Gasteiger partial charge in [-0.2, -0.15) is 0 Å². The molecule has 1 aromatic carbocycles. The zero-order valence-electron chi connectivity index (χ0n) is 11.0. The van der Waals surface area contributed by atoms with Crippen LogP contribution in [-0.2, 0) is 4.74 Å². The van der Waals surface area contributed by atoms with E-state index in [-0.39, 0.29) is 5.91 Å². The summed E-state index contributed by atoms with van der Waals surface area (Å²) in [6, 6.07) is 5.96. The largest absolute Gasteiger partial charge is 0.398 e. The smallest absolute Gasteiger partial charge is 0.256 e. The lowest BCUT2D eigenvalue weighted by molar-refractivity contribution is 0.0681. The second kappa shape index (κ2) is 5.40. The molecule has 0 atom stereocenters. The molecular weight excluding hydrogens is 228 g/mol. The zero-order chi connectivity index (χ0) is 13.1. The van der Waals surface area contributed by atoms with Crippen molar-refractivity contribution >= 4 is 11.6 Å². The van der Waals surface area contributed by atoms with E-state index in [0.29, 0.717) is 30.4 Å². The summed E-state index contributed by atoms with van der Waals surface area (Å²) < 4.78 is 5.07. The topological polar surface area (TPSA) is 55.6 Å². The van der Waals surface area contributed by atoms with Gasteiger partial charge in [0.1, 0.15) is 0 Å². The fourth-order valence-electron chi connectivity index (χ4n) is 2.05. The van der Waals surface area contributed by atoms with Crippen LogP contribution in [0.2, 0.25) is 0 Å². The number of benzene rings is 1. The standard InChI is InChI=1S/C14H20N2O2/c1-10-4-3-5-12(13(10)15)14(17)16(8-9-18-2)11-6-7-11/h3-5,11H,6-9,15H2,1-2H3. The molecular formula is C14H20N2O2. The third kappa shape index (κ3) is 2.64. The maximum Gasteiger partial charge on any atom is 0.256 e. The average molecular weight is 248 g/mol. The van der Waals surface area contributed by atoms with E-state index in [4.69, 9.17) is 10.5 Å². The minimum Gasteiger partial charge on any atom is -0.398 e. The number of nitrogens with two attached hydrogens (primary N) is 1. The van der Waals surface area contributed by atoms with Crippen molar-refractivity contribution in [3.05, 3.63) is 29.3 Å². The Morgan fingerprint density at radius 2 is 2.22 bits per heavy atom. The minimum absolute atomic E-state index is 0.0238. The predicted molar refractivity (Wildman–Crippen MR) is 71.5 cm³/mol. The van der Waals surface area contributed by atoms with Crippen LogP contribution >= 0.6 is 0 Å². The van der Waals surface area contributed by atoms with Crippen molar-refractivity contribution in [1.82, 2.24) is 4.90 Å². The van der Waals surface area contributed by atoms with Crippen molar-refractivity contribution in [2.24, 2.45) is 0 Å². The third-order valence-corrected chi connectivity index (χ3v) is 3.34. The number of carbonyl (C=O) groups excluding carboxylic acids is 1. The van der Waals surface area contributed by atoms with Gasteiger partial charge in [-0.1, -0.05) is 12.1 Å². The summed E-state index contributed by atoms with van der Waals surface area (Å²) in [5.74, 6) is 0.0238. The van der Waals surface area contributed by atoms with Gasteiger partial charge in [-0.3, -0.25) is 4.79 Å². The van der Waals surface area contributed by atoms with Gasteiger partial charge in [-0.15, -0.1) is 0 Å². The normalized spacial score (nSPS) is 14.6. The van der Waals surface area contributed by atoms with Crippen LogP contribution in [-0.4, -0.2) is 37.1 Å². The van der Waals surface area contributed by atoms with Crippen LogP contribution in [0.4, 0.5) is 5.69 Å². The summed E-state index contributed by atoms with van der Waals surface area (Å²) in [7, 11) is 1.65. The number of anilines is 1. The number of ether oxygens (including phenoxy) is 1. The molecule has 18 heavy (non-hydrogen) atoms. The number of methoxy groups -OCH3 is 1. The number of rotatable bonds is 5. The predicted octanol–water partition coefficient (Wildman–Crippen LogP) is 1.83. The first-order valence-corrected chi connectivity index (χ1v) is 6.30. The van der Waals surface area contributed by atoms with Crippen LogP contribution in [0.25, 0.3) is 0 Å². The lowest BCUT2D eigenvalue weighted by Crippen LogP contribution is -2.36. The van der Waals surface area contributed by atoms with Crippen molar-refractivity contribution in [1.29, 1.82) is 0 Å². The molecule has 1 aliphatic carbocycles. The van der Waals surface area contributed by atoms with Crippen LogP contribution in [0, 0.1) is 6.92 Å². The molecule has 98 valence electrons. The first-order chi connectivity index (χ1) is 8.65. The summed E-state index contributed by atoms with van der Waals surface area (Å²) in [5, 5.41) is 0. The molecule has 0 aromatic heterocycles. The van der Waals surface area contributed by atoms with E-state index in [1.54, 1.807) is 13.2 Å². The molecule has 1 fully saturated rings. The molecule has 0 unspecified atom stereocenters. The van der Waals surface area contributed by atoms with Gasteiger partial charge in [0.25, 0.3) is 5.91 Å². The summed E-state index contributed by atoms with van der Waals surface area (Å²) in [6.45, 7) is 3.12. The van der Waals surface area contributed by atoms with Crippen molar-refractivity contribution < 1.29 is 9.53 Å². The van der Waals surface area contributed by atoms with Gasteiger partial charge in [0.2, 0.25) is 0 Å². The van der Waals surface area contributed by atoms with Crippen molar-refractivity contribution in [2.45, 2.75) is 25.8 Å². The Labute approximate surface area is 108 Å². The van der Waals surface area contributed by atoms with Crippen LogP contribution in [0.15, 0.2) is 18.2 Å². The SMILES string of the molecule is COCCN(C(=O)c1cccc(C)c1N)C1CC1. The van der Waals surface area contributed by atoms with Crippen LogP contribution < -0.4 is 5.73 Å². The Kier molecular flexibility index (Phi) is 3.87. The first-order valence-electron chi connectivity index (χ1n) is 6.30. The van der Waals surface area contributed by atoms with Crippen LogP contribution in [0.1, 0.15) is 28.8 Å². The van der Waals surface area contributed by atoms with E-state index < -0.39 is 0 Å². The first kappa shape index (κ1) is 12.9. The number of nitrogens with zero attached hydrogens (tertiary/aromatic N) is 1. The molecule has 4 nitrogen and oxygen atoms in total. The van der Waals surface area contributed by atoms with Gasteiger partial charge < -0.3 is 15.4 Å². The summed E-state index contributed by atoms with van der Waals surface area (Å²) in [5.41, 5.74) is 8.14. The van der Waals surface area contributed by atoms with Gasteiger partial charge in [0.15, 0.2) is 0 Å². The van der Waals surface area contributed by atoms with E-state index in [0.717, 1.165) is 18.4 Å². The Bertz CT molecular complexity index is 441. The highest BCUT2D eigenvalue weighted by molar-refractivity contribution is 6.00. The monoisotopic (exact) mass is 248 g/mol. The number of hydrogen-bond donors (Lipinski definition) is 1. The second-order valence-corrected chi connectivity index (χ2v) is 4.76. The van der Waals surface area contributed by atoms with E-state index in [1.165, 1.54) is 0 Å². The highest BCUT2D eigenvalue weighted by Crippen LogP contribution is 2.29. The van der Waals surface area contributed by atoms with Gasteiger partial charge in [-0.25, -0.2) is 0 Å². The summed E-state index contributed by atoms with van der Waals surface area (Å²) in [6.07, 6.45) is 2.17. The quantitative estimate of drug-likeness (QED) is 0.809. The van der Waals surface area contributed by atoms with Gasteiger partial charge >= 0.3 is 0 Å². The Hall–Kier alpha value is -1.55. The van der Waals surface area contributed by atoms with E-state index in [9.17, 15) is 4.79 Å². The molecule has 1 aliphatic rings. The fourth-order valence-corrected chi connectivity index (χ4v) is 2.05. The van der Waals surface area contributed by atoms with Crippen molar-refractivity contribution in [3.63, 3.8) is 0 Å². The number of hydrogen-bond acceptors (Lipinski definition) is 3. The highest BCUT2D eigenvalue weighted by atomic mass is 16.5. The van der Waals surface area contributed by atoms with Crippen molar-refractivity contribution in [3.8, 4) is 0 Å². The van der Waals surface area contributed by atoms with Gasteiger partial charge in [0, 0.05) is 25.4 Å². The second-order valence-electron chi connectivity index (χ2n) is 4.76. The lowest BCUT2D eigenvalue weighted by Gasteiger charge is -2.23. The number of amides is 1. The Morgan fingerprint density at radius 1 is 1.50 bits per heavy atom. The number of nitrogen functional groups attached to an aromatic ring is 1. The Morgan fingerprint density at radius 3 is 2.83 bits per heavy atom. The number of para-hydroxylation sites is 1. The lowest BCUT2D eigenvalue weighted by atomic mass is 10.1. The molecule has 1 aromatic rings. The van der Waals surface area contributed by atoms with Crippen LogP contribution in [0.3, 0.4) is 0 Å². The van der Waals surface area contributed by atoms with E-state index >= 15 is 0 Å². The maximum atomic E-state index is 12.5. The van der Waals surface area contributed by atoms with Gasteiger partial charge in [-0.05, 0) is 31.4 Å². The Balaban J connectivity index is 2.19. The molecule has 0 saturated heterocycles. The number of carbonyl (C=O) groups is 1. The molecule has 2 rings (SSSR count). The molecule has 0 spiro atoms. The van der Waals surface area contributed by atoms with E-state index in [1.807, 2.05) is 24.0 Å². The molecule has 2 N–H and O–H groups in total. The fraction of sp³-hybridized carbons (Fsp3) is 0.500. The molecule has 0 aliphatic heterocycles. The van der Waals surface area contributed by atoms with Crippen molar-refractivity contribution in [2.75, 3.05) is 26.0 Å². The molecule has 1 saturated carbocycles. The maximum absolute atomic E-state index is 12.5. The average Bonchev–Trinajstić information content (AvgIpc) is 3.17. The highest BCUT2D eigenvalue weighted by Gasteiger charge is 2.33. The minimum atomic E-state index is 0.0238. The molecule has 4 heteroatoms. The molecule has 1 amide bonds. The zero-order valence-corrected chi connectivity index (χ0v) is 11.0. The number of aryl methyl sites for hydroxylation is 1. The molecule has 0 radical (unpaired) electrons. The summed E-state index contributed by atoms with van der Waals surface area (Å²) in [4.78, 5) is 14.4. The molecule has 0 bridgehead atoms. The molecule has 0 heterocycles. The van der Waals surface area contributed by atoms with Crippen LogP contribution in [0.5, 0.6) is 0 Å². The summed E-state index contributed by atoms with van der Waals surface area (Å²) >= 11 is 0.